The lowest BCUT2D eigenvalue weighted by Gasteiger charge is -2.24. The number of nitrogens with two attached hydrogens (primary N) is 1. The third-order valence-corrected chi connectivity index (χ3v) is 5.85. The second-order valence-corrected chi connectivity index (χ2v) is 7.47. The molecule has 3 heterocycles. The summed E-state index contributed by atoms with van der Waals surface area (Å²) in [5.74, 6) is 0.985. The number of fused-ring (bicyclic) bond motifs is 1. The maximum absolute atomic E-state index is 13.1. The van der Waals surface area contributed by atoms with Gasteiger partial charge in [-0.2, -0.15) is 0 Å². The molecule has 1 aromatic carbocycles. The van der Waals surface area contributed by atoms with Crippen LogP contribution in [-0.2, 0) is 13.0 Å². The quantitative estimate of drug-likeness (QED) is 0.652. The van der Waals surface area contributed by atoms with Crippen molar-refractivity contribution >= 4 is 53.1 Å². The largest absolute Gasteiger partial charge is 0.330 e. The molecule has 2 N–H and O–H groups in total. The Hall–Kier alpha value is -1.67. The summed E-state index contributed by atoms with van der Waals surface area (Å²) in [6, 6.07) is 8.17. The predicted molar refractivity (Wildman–Crippen MR) is 118 cm³/mol. The first kappa shape index (κ1) is 22.6. The van der Waals surface area contributed by atoms with Gasteiger partial charge in [-0.05, 0) is 38.4 Å². The molecule has 0 aliphatic carbocycles. The third kappa shape index (κ3) is 4.03. The number of imidazole rings is 1. The molecule has 0 saturated carbocycles. The van der Waals surface area contributed by atoms with Gasteiger partial charge in [0, 0.05) is 24.9 Å². The highest BCUT2D eigenvalue weighted by molar-refractivity contribution is 7.09. The average molecular weight is 442 g/mol. The van der Waals surface area contributed by atoms with Crippen molar-refractivity contribution in [1.82, 2.24) is 19.4 Å². The molecule has 152 valence electrons. The number of rotatable bonds is 5. The van der Waals surface area contributed by atoms with E-state index in [4.69, 9.17) is 10.7 Å². The zero-order valence-corrected chi connectivity index (χ0v) is 18.2. The fourth-order valence-corrected chi connectivity index (χ4v) is 4.54. The maximum atomic E-state index is 13.1. The Kier molecular flexibility index (Phi) is 7.83. The van der Waals surface area contributed by atoms with Gasteiger partial charge in [-0.3, -0.25) is 4.79 Å². The standard InChI is InChI=1S/C19H23N5OS.2ClH/c1-2-23-15-7-4-3-6-13(15)22-18(23)16-8-5-11-24(16)19(25)14-12-26-17(21-14)9-10-20;;/h3-4,6-7,12,16H,2,5,8-11,20H2,1H3;2*1H. The van der Waals surface area contributed by atoms with Crippen LogP contribution >= 0.6 is 36.2 Å². The summed E-state index contributed by atoms with van der Waals surface area (Å²) in [6.07, 6.45) is 2.64. The molecular weight excluding hydrogens is 417 g/mol. The molecule has 1 fully saturated rings. The van der Waals surface area contributed by atoms with Gasteiger partial charge in [-0.25, -0.2) is 9.97 Å². The molecule has 0 bridgehead atoms. The van der Waals surface area contributed by atoms with Gasteiger partial charge in [0.2, 0.25) is 0 Å². The lowest BCUT2D eigenvalue weighted by molar-refractivity contribution is 0.0722. The molecule has 1 aliphatic heterocycles. The molecule has 4 rings (SSSR count). The molecule has 2 aromatic heterocycles. The maximum Gasteiger partial charge on any atom is 0.273 e. The summed E-state index contributed by atoms with van der Waals surface area (Å²) in [7, 11) is 0. The number of carbonyl (C=O) groups excluding carboxylic acids is 1. The van der Waals surface area contributed by atoms with Crippen molar-refractivity contribution in [2.75, 3.05) is 13.1 Å². The molecule has 0 spiro atoms. The van der Waals surface area contributed by atoms with E-state index in [1.165, 1.54) is 11.3 Å². The molecule has 1 aliphatic rings. The number of likely N-dealkylation sites (tertiary alicyclic amines) is 1. The van der Waals surface area contributed by atoms with E-state index < -0.39 is 0 Å². The Morgan fingerprint density at radius 1 is 1.29 bits per heavy atom. The van der Waals surface area contributed by atoms with Crippen LogP contribution in [0.15, 0.2) is 29.6 Å². The van der Waals surface area contributed by atoms with Gasteiger partial charge < -0.3 is 15.2 Å². The minimum atomic E-state index is 0. The van der Waals surface area contributed by atoms with Crippen molar-refractivity contribution < 1.29 is 4.79 Å². The van der Waals surface area contributed by atoms with Crippen LogP contribution in [0.2, 0.25) is 0 Å². The van der Waals surface area contributed by atoms with E-state index in [1.807, 2.05) is 28.5 Å². The van der Waals surface area contributed by atoms with Crippen molar-refractivity contribution in [3.05, 3.63) is 46.2 Å². The molecule has 9 heteroatoms. The molecule has 28 heavy (non-hydrogen) atoms. The number of aromatic nitrogens is 3. The van der Waals surface area contributed by atoms with E-state index in [1.54, 1.807) is 0 Å². The minimum absolute atomic E-state index is 0. The first-order valence-corrected chi connectivity index (χ1v) is 10.0. The number of hydrogen-bond donors (Lipinski definition) is 1. The van der Waals surface area contributed by atoms with Crippen LogP contribution in [0.5, 0.6) is 0 Å². The fourth-order valence-electron chi connectivity index (χ4n) is 3.75. The molecule has 6 nitrogen and oxygen atoms in total. The minimum Gasteiger partial charge on any atom is -0.330 e. The van der Waals surface area contributed by atoms with Gasteiger partial charge in [-0.1, -0.05) is 12.1 Å². The number of benzene rings is 1. The number of halogens is 2. The van der Waals surface area contributed by atoms with Crippen LogP contribution in [0.1, 0.15) is 47.1 Å². The Bertz CT molecular complexity index is 941. The summed E-state index contributed by atoms with van der Waals surface area (Å²) in [4.78, 5) is 24.3. The second kappa shape index (κ2) is 9.69. The lowest BCUT2D eigenvalue weighted by Crippen LogP contribution is -2.32. The van der Waals surface area contributed by atoms with E-state index in [0.29, 0.717) is 18.7 Å². The Balaban J connectivity index is 0.00000140. The zero-order chi connectivity index (χ0) is 18.1. The van der Waals surface area contributed by atoms with Crippen LogP contribution < -0.4 is 5.73 Å². The van der Waals surface area contributed by atoms with Crippen molar-refractivity contribution in [2.45, 2.75) is 38.8 Å². The molecule has 1 atom stereocenters. The van der Waals surface area contributed by atoms with E-state index in [-0.39, 0.29) is 36.8 Å². The molecule has 1 saturated heterocycles. The third-order valence-electron chi connectivity index (χ3n) is 4.94. The summed E-state index contributed by atoms with van der Waals surface area (Å²) in [5.41, 5.74) is 8.24. The van der Waals surface area contributed by atoms with Crippen LogP contribution in [-0.4, -0.2) is 38.4 Å². The summed E-state index contributed by atoms with van der Waals surface area (Å²) in [5, 5.41) is 2.78. The van der Waals surface area contributed by atoms with Crippen LogP contribution in [0.25, 0.3) is 11.0 Å². The number of hydrogen-bond acceptors (Lipinski definition) is 5. The highest BCUT2D eigenvalue weighted by Crippen LogP contribution is 2.34. The Morgan fingerprint density at radius 3 is 2.82 bits per heavy atom. The average Bonchev–Trinajstić information content (AvgIpc) is 3.38. The van der Waals surface area contributed by atoms with E-state index in [0.717, 1.165) is 47.8 Å². The number of thiazole rings is 1. The number of para-hydroxylation sites is 2. The van der Waals surface area contributed by atoms with Gasteiger partial charge in [0.15, 0.2) is 0 Å². The number of nitrogens with zero attached hydrogens (tertiary/aromatic N) is 4. The van der Waals surface area contributed by atoms with Crippen LogP contribution in [0.3, 0.4) is 0 Å². The number of amides is 1. The fraction of sp³-hybridized carbons (Fsp3) is 0.421. The predicted octanol–water partition coefficient (Wildman–Crippen LogP) is 3.83. The molecule has 0 radical (unpaired) electrons. The van der Waals surface area contributed by atoms with E-state index in [2.05, 4.69) is 22.5 Å². The topological polar surface area (TPSA) is 77.0 Å². The van der Waals surface area contributed by atoms with Crippen molar-refractivity contribution in [1.29, 1.82) is 0 Å². The molecule has 1 amide bonds. The van der Waals surface area contributed by atoms with Gasteiger partial charge in [0.1, 0.15) is 11.5 Å². The molecule has 3 aromatic rings. The van der Waals surface area contributed by atoms with E-state index in [9.17, 15) is 4.79 Å². The van der Waals surface area contributed by atoms with Crippen LogP contribution in [0, 0.1) is 0 Å². The Morgan fingerprint density at radius 2 is 2.07 bits per heavy atom. The zero-order valence-electron chi connectivity index (χ0n) is 15.7. The number of aryl methyl sites for hydroxylation is 1. The smallest absolute Gasteiger partial charge is 0.273 e. The summed E-state index contributed by atoms with van der Waals surface area (Å²) in [6.45, 7) is 4.26. The van der Waals surface area contributed by atoms with Crippen molar-refractivity contribution in [3.63, 3.8) is 0 Å². The van der Waals surface area contributed by atoms with Gasteiger partial charge in [0.05, 0.1) is 22.1 Å². The normalized spacial score (nSPS) is 16.1. The highest BCUT2D eigenvalue weighted by Gasteiger charge is 2.34. The molecule has 1 unspecified atom stereocenters. The number of carbonyl (C=O) groups is 1. The van der Waals surface area contributed by atoms with Gasteiger partial charge in [0.25, 0.3) is 5.91 Å². The SMILES string of the molecule is CCn1c(C2CCCN2C(=O)c2csc(CCN)n2)nc2ccccc21.Cl.Cl. The van der Waals surface area contributed by atoms with E-state index >= 15 is 0 Å². The van der Waals surface area contributed by atoms with Gasteiger partial charge >= 0.3 is 0 Å². The monoisotopic (exact) mass is 441 g/mol. The summed E-state index contributed by atoms with van der Waals surface area (Å²) >= 11 is 1.51. The first-order chi connectivity index (χ1) is 12.7. The second-order valence-electron chi connectivity index (χ2n) is 6.52. The van der Waals surface area contributed by atoms with Crippen molar-refractivity contribution in [2.24, 2.45) is 5.73 Å². The first-order valence-electron chi connectivity index (χ1n) is 9.13. The molecular formula is C19H25Cl2N5OS. The Labute approximate surface area is 181 Å². The van der Waals surface area contributed by atoms with Gasteiger partial charge in [-0.15, -0.1) is 36.2 Å². The lowest BCUT2D eigenvalue weighted by atomic mass is 10.2. The highest BCUT2D eigenvalue weighted by atomic mass is 35.5. The summed E-state index contributed by atoms with van der Waals surface area (Å²) < 4.78 is 2.23. The van der Waals surface area contributed by atoms with Crippen LogP contribution in [0.4, 0.5) is 0 Å². The van der Waals surface area contributed by atoms with Crippen molar-refractivity contribution in [3.8, 4) is 0 Å².